The molecule has 24 heavy (non-hydrogen) atoms. The number of benzene rings is 2. The van der Waals surface area contributed by atoms with Crippen LogP contribution in [0.2, 0.25) is 0 Å². The van der Waals surface area contributed by atoms with Crippen molar-refractivity contribution in [3.05, 3.63) is 59.7 Å². The van der Waals surface area contributed by atoms with Crippen molar-refractivity contribution in [1.82, 2.24) is 0 Å². The zero-order chi connectivity index (χ0) is 17.3. The quantitative estimate of drug-likeness (QED) is 0.878. The highest BCUT2D eigenvalue weighted by Gasteiger charge is 2.32. The van der Waals surface area contributed by atoms with Gasteiger partial charge in [-0.3, -0.25) is 9.59 Å². The number of carbonyl (C=O) groups excluding carboxylic acids is 2. The lowest BCUT2D eigenvalue weighted by Gasteiger charge is -2.24. The summed E-state index contributed by atoms with van der Waals surface area (Å²) in [5, 5.41) is 5.25. The van der Waals surface area contributed by atoms with Gasteiger partial charge in [0, 0.05) is 17.8 Å². The van der Waals surface area contributed by atoms with Gasteiger partial charge >= 0.3 is 6.18 Å². The van der Waals surface area contributed by atoms with Crippen molar-refractivity contribution < 1.29 is 22.8 Å². The molecule has 0 aromatic heterocycles. The lowest BCUT2D eigenvalue weighted by molar-refractivity contribution is -0.137. The summed E-state index contributed by atoms with van der Waals surface area (Å²) in [4.78, 5) is 24.2. The number of hydrogen-bond acceptors (Lipinski definition) is 2. The molecule has 0 aliphatic carbocycles. The SMILES string of the molecule is O=C1CC(C(=O)Nc2ccc(C(F)(F)F)cc2)c2ccccc2N1. The van der Waals surface area contributed by atoms with Crippen LogP contribution in [0.3, 0.4) is 0 Å². The van der Waals surface area contributed by atoms with Crippen molar-refractivity contribution in [3.8, 4) is 0 Å². The van der Waals surface area contributed by atoms with Crippen LogP contribution in [-0.2, 0) is 15.8 Å². The number of amides is 2. The number of anilines is 2. The van der Waals surface area contributed by atoms with Gasteiger partial charge in [-0.15, -0.1) is 0 Å². The monoisotopic (exact) mass is 334 g/mol. The zero-order valence-corrected chi connectivity index (χ0v) is 12.4. The third-order valence-corrected chi connectivity index (χ3v) is 3.80. The van der Waals surface area contributed by atoms with Crippen molar-refractivity contribution in [1.29, 1.82) is 0 Å². The topological polar surface area (TPSA) is 58.2 Å². The van der Waals surface area contributed by atoms with Gasteiger partial charge in [-0.25, -0.2) is 0 Å². The first-order chi connectivity index (χ1) is 11.3. The molecule has 1 heterocycles. The van der Waals surface area contributed by atoms with Gasteiger partial charge in [0.2, 0.25) is 11.8 Å². The van der Waals surface area contributed by atoms with Gasteiger partial charge in [0.25, 0.3) is 0 Å². The Kier molecular flexibility index (Phi) is 4.01. The molecule has 0 fully saturated rings. The second-order valence-electron chi connectivity index (χ2n) is 5.46. The summed E-state index contributed by atoms with van der Waals surface area (Å²) in [5.74, 6) is -1.39. The molecule has 1 unspecified atom stereocenters. The number of fused-ring (bicyclic) bond motifs is 1. The fourth-order valence-electron chi connectivity index (χ4n) is 2.62. The Balaban J connectivity index is 1.79. The summed E-state index contributed by atoms with van der Waals surface area (Å²) >= 11 is 0. The van der Waals surface area contributed by atoms with Crippen LogP contribution in [0, 0.1) is 0 Å². The summed E-state index contributed by atoms with van der Waals surface area (Å²) in [6, 6.07) is 11.1. The molecule has 0 bridgehead atoms. The Morgan fingerprint density at radius 3 is 2.42 bits per heavy atom. The van der Waals surface area contributed by atoms with Crippen molar-refractivity contribution >= 4 is 23.2 Å². The van der Waals surface area contributed by atoms with Crippen LogP contribution in [0.1, 0.15) is 23.5 Å². The molecule has 0 radical (unpaired) electrons. The standard InChI is InChI=1S/C17H13F3N2O2/c18-17(19,20)10-5-7-11(8-6-10)21-16(24)13-9-15(23)22-14-4-2-1-3-12(13)14/h1-8,13H,9H2,(H,21,24)(H,22,23). The maximum Gasteiger partial charge on any atom is 0.416 e. The molecule has 1 atom stereocenters. The molecule has 2 aromatic carbocycles. The van der Waals surface area contributed by atoms with Gasteiger partial charge in [-0.2, -0.15) is 13.2 Å². The first kappa shape index (κ1) is 16.0. The predicted octanol–water partition coefficient (Wildman–Crippen LogP) is 3.77. The molecular formula is C17H13F3N2O2. The van der Waals surface area contributed by atoms with Crippen molar-refractivity contribution in [2.24, 2.45) is 0 Å². The Morgan fingerprint density at radius 2 is 1.75 bits per heavy atom. The summed E-state index contributed by atoms with van der Waals surface area (Å²) in [6.07, 6.45) is -4.44. The smallest absolute Gasteiger partial charge is 0.326 e. The molecule has 7 heteroatoms. The highest BCUT2D eigenvalue weighted by atomic mass is 19.4. The molecule has 0 spiro atoms. The van der Waals surface area contributed by atoms with Gasteiger partial charge in [-0.1, -0.05) is 18.2 Å². The molecule has 1 aliphatic heterocycles. The highest BCUT2D eigenvalue weighted by molar-refractivity contribution is 6.05. The fraction of sp³-hybridized carbons (Fsp3) is 0.176. The fourth-order valence-corrected chi connectivity index (χ4v) is 2.62. The zero-order valence-electron chi connectivity index (χ0n) is 12.4. The van der Waals surface area contributed by atoms with Crippen LogP contribution in [0.25, 0.3) is 0 Å². The van der Waals surface area contributed by atoms with Crippen LogP contribution in [0.4, 0.5) is 24.5 Å². The van der Waals surface area contributed by atoms with E-state index in [1.54, 1.807) is 24.3 Å². The minimum atomic E-state index is -4.43. The van der Waals surface area contributed by atoms with Crippen LogP contribution < -0.4 is 10.6 Å². The summed E-state index contributed by atoms with van der Waals surface area (Å²) in [6.45, 7) is 0. The molecule has 2 amide bonds. The maximum atomic E-state index is 12.5. The van der Waals surface area contributed by atoms with Crippen LogP contribution in [-0.4, -0.2) is 11.8 Å². The van der Waals surface area contributed by atoms with E-state index in [2.05, 4.69) is 10.6 Å². The Morgan fingerprint density at radius 1 is 1.08 bits per heavy atom. The number of halogens is 3. The number of alkyl halides is 3. The van der Waals surface area contributed by atoms with E-state index in [9.17, 15) is 22.8 Å². The van der Waals surface area contributed by atoms with Gasteiger partial charge in [0.1, 0.15) is 0 Å². The lowest BCUT2D eigenvalue weighted by Crippen LogP contribution is -2.30. The largest absolute Gasteiger partial charge is 0.416 e. The average Bonchev–Trinajstić information content (AvgIpc) is 2.53. The number of carbonyl (C=O) groups is 2. The van der Waals surface area contributed by atoms with Crippen LogP contribution in [0.15, 0.2) is 48.5 Å². The second kappa shape index (κ2) is 5.99. The molecule has 2 aromatic rings. The van der Waals surface area contributed by atoms with E-state index in [4.69, 9.17) is 0 Å². The second-order valence-corrected chi connectivity index (χ2v) is 5.46. The average molecular weight is 334 g/mol. The van der Waals surface area contributed by atoms with Crippen LogP contribution in [0.5, 0.6) is 0 Å². The Bertz CT molecular complexity index is 785. The molecular weight excluding hydrogens is 321 g/mol. The van der Waals surface area contributed by atoms with E-state index >= 15 is 0 Å². The number of hydrogen-bond donors (Lipinski definition) is 2. The van der Waals surface area contributed by atoms with Crippen molar-refractivity contribution in [3.63, 3.8) is 0 Å². The van der Waals surface area contributed by atoms with E-state index in [0.717, 1.165) is 12.1 Å². The normalized spacial score (nSPS) is 17.0. The Hall–Kier alpha value is -2.83. The molecule has 2 N–H and O–H groups in total. The summed E-state index contributed by atoms with van der Waals surface area (Å²) in [7, 11) is 0. The lowest BCUT2D eigenvalue weighted by atomic mass is 9.90. The summed E-state index contributed by atoms with van der Waals surface area (Å²) in [5.41, 5.74) is 0.710. The molecule has 0 saturated heterocycles. The van der Waals surface area contributed by atoms with Crippen LogP contribution >= 0.6 is 0 Å². The molecule has 4 nitrogen and oxygen atoms in total. The third kappa shape index (κ3) is 3.24. The van der Waals surface area contributed by atoms with E-state index in [-0.39, 0.29) is 18.0 Å². The van der Waals surface area contributed by atoms with Gasteiger partial charge in [-0.05, 0) is 35.9 Å². The van der Waals surface area contributed by atoms with Gasteiger partial charge in [0.05, 0.1) is 11.5 Å². The minimum Gasteiger partial charge on any atom is -0.326 e. The highest BCUT2D eigenvalue weighted by Crippen LogP contribution is 2.33. The predicted molar refractivity (Wildman–Crippen MR) is 82.5 cm³/mol. The molecule has 3 rings (SSSR count). The number of rotatable bonds is 2. The minimum absolute atomic E-state index is 0.0104. The van der Waals surface area contributed by atoms with E-state index in [0.29, 0.717) is 11.3 Å². The third-order valence-electron chi connectivity index (χ3n) is 3.80. The van der Waals surface area contributed by atoms with Gasteiger partial charge in [0.15, 0.2) is 0 Å². The molecule has 1 aliphatic rings. The Labute approximate surface area is 135 Å². The van der Waals surface area contributed by atoms with Crippen molar-refractivity contribution in [2.75, 3.05) is 10.6 Å². The van der Waals surface area contributed by atoms with E-state index < -0.39 is 23.6 Å². The van der Waals surface area contributed by atoms with E-state index in [1.807, 2.05) is 0 Å². The number of para-hydroxylation sites is 1. The molecule has 124 valence electrons. The maximum absolute atomic E-state index is 12.5. The first-order valence-corrected chi connectivity index (χ1v) is 7.21. The first-order valence-electron chi connectivity index (χ1n) is 7.21. The number of nitrogens with one attached hydrogen (secondary N) is 2. The van der Waals surface area contributed by atoms with Gasteiger partial charge < -0.3 is 10.6 Å². The van der Waals surface area contributed by atoms with E-state index in [1.165, 1.54) is 12.1 Å². The van der Waals surface area contributed by atoms with Crippen molar-refractivity contribution in [2.45, 2.75) is 18.5 Å². The molecule has 0 saturated carbocycles. The summed E-state index contributed by atoms with van der Waals surface area (Å²) < 4.78 is 37.6.